The Balaban J connectivity index is 0.000000138. The van der Waals surface area contributed by atoms with Crippen LogP contribution in [-0.2, 0) is 0 Å². The molecule has 0 aliphatic rings. The number of carbonyl (C=O) groups is 2. The number of rotatable bonds is 8. The lowest BCUT2D eigenvalue weighted by Gasteiger charge is -2.15. The SMILES string of the molecule is O=C(c1ccncc1)c1cc(-n2c3ccccc3c3ccccc32)cc(-n2c3ccccc3c3ccccc32)c1.O=C(c1ccncc1)c1cc(-n2c3ccccc3c3ccccc32)cc(-n2c3ccccc3c3ccccc32)c1. The quantitative estimate of drug-likeness (QED) is 0.142. The number of benzene rings is 10. The molecule has 0 fully saturated rings. The molecule has 0 saturated carbocycles. The third-order valence-electron chi connectivity index (χ3n) is 15.6. The van der Waals surface area contributed by atoms with Crippen LogP contribution < -0.4 is 0 Å². The van der Waals surface area contributed by atoms with Crippen LogP contribution in [-0.4, -0.2) is 39.8 Å². The topological polar surface area (TPSA) is 79.6 Å². The molecule has 376 valence electrons. The normalized spacial score (nSPS) is 11.6. The summed E-state index contributed by atoms with van der Waals surface area (Å²) in [7, 11) is 0. The molecule has 0 saturated heterocycles. The Morgan fingerprint density at radius 2 is 0.412 bits per heavy atom. The highest BCUT2D eigenvalue weighted by Crippen LogP contribution is 2.39. The summed E-state index contributed by atoms with van der Waals surface area (Å²) in [5.74, 6) is -0.0703. The van der Waals surface area contributed by atoms with Gasteiger partial charge in [-0.1, -0.05) is 146 Å². The number of pyridine rings is 2. The number of hydrogen-bond donors (Lipinski definition) is 0. The molecule has 0 unspecified atom stereocenters. The van der Waals surface area contributed by atoms with Crippen LogP contribution in [0.15, 0.2) is 280 Å². The van der Waals surface area contributed by atoms with Gasteiger partial charge in [0.1, 0.15) is 0 Å². The molecule has 0 bridgehead atoms. The zero-order chi connectivity index (χ0) is 53.3. The Morgan fingerprint density at radius 1 is 0.225 bits per heavy atom. The number of ketones is 2. The van der Waals surface area contributed by atoms with Crippen LogP contribution in [0.1, 0.15) is 31.8 Å². The summed E-state index contributed by atoms with van der Waals surface area (Å²) in [4.78, 5) is 36.0. The highest BCUT2D eigenvalue weighted by molar-refractivity contribution is 6.15. The van der Waals surface area contributed by atoms with E-state index >= 15 is 0 Å². The van der Waals surface area contributed by atoms with Gasteiger partial charge in [-0.15, -0.1) is 0 Å². The number of fused-ring (bicyclic) bond motifs is 12. The second-order valence-corrected chi connectivity index (χ2v) is 20.1. The molecule has 6 aromatic heterocycles. The van der Waals surface area contributed by atoms with Gasteiger partial charge >= 0.3 is 0 Å². The summed E-state index contributed by atoms with van der Waals surface area (Å²) in [5, 5.41) is 9.46. The van der Waals surface area contributed by atoms with Crippen LogP contribution in [0, 0.1) is 0 Å². The van der Waals surface area contributed by atoms with E-state index in [1.807, 2.05) is 24.3 Å². The number of hydrogen-bond acceptors (Lipinski definition) is 4. The number of aromatic nitrogens is 6. The molecule has 16 rings (SSSR count). The molecule has 10 aromatic carbocycles. The van der Waals surface area contributed by atoms with E-state index in [4.69, 9.17) is 0 Å². The van der Waals surface area contributed by atoms with Gasteiger partial charge < -0.3 is 18.3 Å². The van der Waals surface area contributed by atoms with E-state index in [1.54, 1.807) is 49.1 Å². The van der Waals surface area contributed by atoms with Gasteiger partial charge in [0, 0.05) is 113 Å². The molecule has 8 heteroatoms. The highest BCUT2D eigenvalue weighted by Gasteiger charge is 2.22. The van der Waals surface area contributed by atoms with Crippen LogP contribution in [0.25, 0.3) is 110 Å². The van der Waals surface area contributed by atoms with E-state index in [1.165, 1.54) is 43.1 Å². The van der Waals surface area contributed by atoms with Crippen molar-refractivity contribution >= 4 is 98.8 Å². The molecular formula is C72H46N6O2. The van der Waals surface area contributed by atoms with Gasteiger partial charge in [0.25, 0.3) is 0 Å². The van der Waals surface area contributed by atoms with Crippen molar-refractivity contribution in [3.63, 3.8) is 0 Å². The van der Waals surface area contributed by atoms with Crippen LogP contribution >= 0.6 is 0 Å². The minimum absolute atomic E-state index is 0.0352. The maximum Gasteiger partial charge on any atom is 0.193 e. The maximum atomic E-state index is 13.9. The summed E-state index contributed by atoms with van der Waals surface area (Å²) >= 11 is 0. The van der Waals surface area contributed by atoms with Crippen molar-refractivity contribution in [1.29, 1.82) is 0 Å². The molecule has 6 heterocycles. The minimum Gasteiger partial charge on any atom is -0.309 e. The zero-order valence-electron chi connectivity index (χ0n) is 43.1. The summed E-state index contributed by atoms with van der Waals surface area (Å²) < 4.78 is 9.08. The number of nitrogens with zero attached hydrogens (tertiary/aromatic N) is 6. The van der Waals surface area contributed by atoms with Crippen molar-refractivity contribution in [2.75, 3.05) is 0 Å². The average Bonchev–Trinajstić information content (AvgIpc) is 4.46. The van der Waals surface area contributed by atoms with E-state index in [0.29, 0.717) is 22.3 Å². The molecule has 0 N–H and O–H groups in total. The largest absolute Gasteiger partial charge is 0.309 e. The van der Waals surface area contributed by atoms with Crippen molar-refractivity contribution in [3.05, 3.63) is 302 Å². The number of para-hydroxylation sites is 8. The van der Waals surface area contributed by atoms with Gasteiger partial charge in [-0.2, -0.15) is 0 Å². The van der Waals surface area contributed by atoms with E-state index in [9.17, 15) is 9.59 Å². The standard InChI is InChI=1S/2C36H23N3O/c2*40-36(24-17-19-37-20-18-24)25-21-26(38-32-13-5-1-9-28(32)29-10-2-6-14-33(29)38)23-27(22-25)39-34-15-7-3-11-30(34)31-12-4-8-16-35(31)39/h2*1-23H. The molecule has 80 heavy (non-hydrogen) atoms. The first-order valence-corrected chi connectivity index (χ1v) is 26.7. The van der Waals surface area contributed by atoms with Crippen molar-refractivity contribution in [2.45, 2.75) is 0 Å². The molecule has 16 aromatic rings. The summed E-state index contributed by atoms with van der Waals surface area (Å²) in [6.07, 6.45) is 6.66. The summed E-state index contributed by atoms with van der Waals surface area (Å²) in [6, 6.07) is 87.1. The van der Waals surface area contributed by atoms with Crippen molar-refractivity contribution in [3.8, 4) is 22.7 Å². The molecular weight excluding hydrogens is 981 g/mol. The Labute approximate surface area is 458 Å². The summed E-state index contributed by atoms with van der Waals surface area (Å²) in [5.41, 5.74) is 15.1. The van der Waals surface area contributed by atoms with Crippen LogP contribution in [0.3, 0.4) is 0 Å². The summed E-state index contributed by atoms with van der Waals surface area (Å²) in [6.45, 7) is 0. The number of carbonyl (C=O) groups excluding carboxylic acids is 2. The lowest BCUT2D eigenvalue weighted by Crippen LogP contribution is -2.06. The fourth-order valence-corrected chi connectivity index (χ4v) is 12.1. The van der Waals surface area contributed by atoms with Gasteiger partial charge in [-0.05, 0) is 109 Å². The Bertz CT molecular complexity index is 4320. The Hall–Kier alpha value is -11.0. The monoisotopic (exact) mass is 1030 g/mol. The zero-order valence-corrected chi connectivity index (χ0v) is 43.1. The molecule has 0 amide bonds. The first kappa shape index (κ1) is 46.4. The third kappa shape index (κ3) is 7.53. The fourth-order valence-electron chi connectivity index (χ4n) is 12.1. The maximum absolute atomic E-state index is 13.9. The van der Waals surface area contributed by atoms with Gasteiger partial charge in [0.15, 0.2) is 11.6 Å². The second kappa shape index (κ2) is 18.9. The third-order valence-corrected chi connectivity index (χ3v) is 15.6. The molecule has 8 nitrogen and oxygen atoms in total. The smallest absolute Gasteiger partial charge is 0.193 e. The Morgan fingerprint density at radius 3 is 0.613 bits per heavy atom. The van der Waals surface area contributed by atoms with E-state index in [-0.39, 0.29) is 11.6 Å². The van der Waals surface area contributed by atoms with E-state index in [2.05, 4.69) is 234 Å². The molecule has 0 radical (unpaired) electrons. The van der Waals surface area contributed by atoms with Crippen LogP contribution in [0.4, 0.5) is 0 Å². The van der Waals surface area contributed by atoms with Gasteiger partial charge in [0.2, 0.25) is 0 Å². The first-order chi connectivity index (χ1) is 39.6. The minimum atomic E-state index is -0.0352. The lowest BCUT2D eigenvalue weighted by atomic mass is 10.0. The van der Waals surface area contributed by atoms with E-state index < -0.39 is 0 Å². The predicted octanol–water partition coefficient (Wildman–Crippen LogP) is 17.0. The van der Waals surface area contributed by atoms with Crippen LogP contribution in [0.5, 0.6) is 0 Å². The van der Waals surface area contributed by atoms with Crippen molar-refractivity contribution in [1.82, 2.24) is 28.2 Å². The van der Waals surface area contributed by atoms with Crippen molar-refractivity contribution in [2.24, 2.45) is 0 Å². The average molecular weight is 1030 g/mol. The molecule has 0 spiro atoms. The second-order valence-electron chi connectivity index (χ2n) is 20.1. The fraction of sp³-hybridized carbons (Fsp3) is 0. The van der Waals surface area contributed by atoms with E-state index in [0.717, 1.165) is 66.9 Å². The molecule has 0 atom stereocenters. The highest BCUT2D eigenvalue weighted by atomic mass is 16.1. The predicted molar refractivity (Wildman–Crippen MR) is 326 cm³/mol. The van der Waals surface area contributed by atoms with Crippen LogP contribution in [0.2, 0.25) is 0 Å². The van der Waals surface area contributed by atoms with Gasteiger partial charge in [-0.3, -0.25) is 19.6 Å². The lowest BCUT2D eigenvalue weighted by molar-refractivity contribution is 0.103. The molecule has 0 aliphatic heterocycles. The first-order valence-electron chi connectivity index (χ1n) is 26.7. The molecule has 0 aliphatic carbocycles. The van der Waals surface area contributed by atoms with Gasteiger partial charge in [0.05, 0.1) is 44.1 Å². The van der Waals surface area contributed by atoms with Gasteiger partial charge in [-0.25, -0.2) is 0 Å². The van der Waals surface area contributed by atoms with Crippen molar-refractivity contribution < 1.29 is 9.59 Å². The Kier molecular flexibility index (Phi) is 11.0.